The van der Waals surface area contributed by atoms with E-state index in [4.69, 9.17) is 14.7 Å². The molecule has 1 aromatic carbocycles. The minimum atomic E-state index is -1.62. The Morgan fingerprint density at radius 2 is 1.62 bits per heavy atom. The van der Waals surface area contributed by atoms with Crippen molar-refractivity contribution in [2.45, 2.75) is 26.3 Å². The Balaban J connectivity index is 2.84. The third-order valence-corrected chi connectivity index (χ3v) is 2.92. The van der Waals surface area contributed by atoms with Gasteiger partial charge >= 0.3 is 11.9 Å². The molecule has 130 valence electrons. The third-order valence-electron chi connectivity index (χ3n) is 2.92. The number of esters is 2. The van der Waals surface area contributed by atoms with E-state index in [1.807, 2.05) is 0 Å². The second-order valence-electron chi connectivity index (χ2n) is 4.62. The highest BCUT2D eigenvalue weighted by atomic mass is 16.6. The SMILES string of the molecule is CCOC(=O)C(NC(=O)C(Cc1ccccc1)=NO)C(=O)OCC. The molecular formula is C16H20N2O6. The van der Waals surface area contributed by atoms with Crippen LogP contribution in [0, 0.1) is 0 Å². The highest BCUT2D eigenvalue weighted by Crippen LogP contribution is 2.02. The van der Waals surface area contributed by atoms with Gasteiger partial charge in [0.25, 0.3) is 5.91 Å². The first-order valence-corrected chi connectivity index (χ1v) is 7.42. The molecule has 0 aromatic heterocycles. The Morgan fingerprint density at radius 1 is 1.08 bits per heavy atom. The first-order chi connectivity index (χ1) is 11.5. The van der Waals surface area contributed by atoms with Crippen molar-refractivity contribution in [2.75, 3.05) is 13.2 Å². The number of hydrogen-bond donors (Lipinski definition) is 2. The summed E-state index contributed by atoms with van der Waals surface area (Å²) in [5.41, 5.74) is 0.476. The number of ether oxygens (including phenoxy) is 2. The zero-order chi connectivity index (χ0) is 17.9. The molecule has 0 aliphatic carbocycles. The van der Waals surface area contributed by atoms with E-state index >= 15 is 0 Å². The Bertz CT molecular complexity index is 582. The number of carbonyl (C=O) groups is 3. The first-order valence-electron chi connectivity index (χ1n) is 7.42. The fourth-order valence-electron chi connectivity index (χ4n) is 1.83. The second kappa shape index (κ2) is 9.98. The normalized spacial score (nSPS) is 11.0. The molecule has 0 aliphatic rings. The van der Waals surface area contributed by atoms with Crippen LogP contribution >= 0.6 is 0 Å². The molecule has 2 N–H and O–H groups in total. The van der Waals surface area contributed by atoms with Crippen LogP contribution in [0.5, 0.6) is 0 Å². The van der Waals surface area contributed by atoms with Crippen LogP contribution in [0.2, 0.25) is 0 Å². The number of hydrogen-bond acceptors (Lipinski definition) is 7. The summed E-state index contributed by atoms with van der Waals surface area (Å²) < 4.78 is 9.49. The maximum absolute atomic E-state index is 12.2. The van der Waals surface area contributed by atoms with Gasteiger partial charge in [-0.2, -0.15) is 0 Å². The minimum Gasteiger partial charge on any atom is -0.464 e. The lowest BCUT2D eigenvalue weighted by atomic mass is 10.1. The number of nitrogens with one attached hydrogen (secondary N) is 1. The van der Waals surface area contributed by atoms with E-state index < -0.39 is 23.9 Å². The molecule has 1 rings (SSSR count). The average Bonchev–Trinajstić information content (AvgIpc) is 2.58. The molecule has 0 bridgehead atoms. The maximum Gasteiger partial charge on any atom is 0.340 e. The van der Waals surface area contributed by atoms with Gasteiger partial charge in [0.15, 0.2) is 0 Å². The van der Waals surface area contributed by atoms with E-state index in [0.717, 1.165) is 5.56 Å². The molecule has 0 spiro atoms. The van der Waals surface area contributed by atoms with Crippen molar-refractivity contribution in [1.82, 2.24) is 5.32 Å². The summed E-state index contributed by atoms with van der Waals surface area (Å²) in [6, 6.07) is 7.20. The summed E-state index contributed by atoms with van der Waals surface area (Å²) in [7, 11) is 0. The third kappa shape index (κ3) is 5.71. The van der Waals surface area contributed by atoms with Gasteiger partial charge in [-0.05, 0) is 19.4 Å². The largest absolute Gasteiger partial charge is 0.464 e. The smallest absolute Gasteiger partial charge is 0.340 e. The van der Waals surface area contributed by atoms with Crippen molar-refractivity contribution in [3.05, 3.63) is 35.9 Å². The van der Waals surface area contributed by atoms with Gasteiger partial charge in [-0.1, -0.05) is 35.5 Å². The molecular weight excluding hydrogens is 316 g/mol. The Labute approximate surface area is 139 Å². The molecule has 0 fully saturated rings. The average molecular weight is 336 g/mol. The number of carbonyl (C=O) groups excluding carboxylic acids is 3. The summed E-state index contributed by atoms with van der Waals surface area (Å²) in [5.74, 6) is -2.75. The number of rotatable bonds is 8. The second-order valence-corrected chi connectivity index (χ2v) is 4.62. The summed E-state index contributed by atoms with van der Waals surface area (Å²) in [4.78, 5) is 35.8. The van der Waals surface area contributed by atoms with Crippen LogP contribution in [0.4, 0.5) is 0 Å². The lowest BCUT2D eigenvalue weighted by Gasteiger charge is -2.16. The lowest BCUT2D eigenvalue weighted by Crippen LogP contribution is -2.50. The molecule has 24 heavy (non-hydrogen) atoms. The molecule has 0 heterocycles. The molecule has 0 radical (unpaired) electrons. The monoisotopic (exact) mass is 336 g/mol. The van der Waals surface area contributed by atoms with Crippen molar-refractivity contribution >= 4 is 23.6 Å². The van der Waals surface area contributed by atoms with E-state index in [2.05, 4.69) is 10.5 Å². The standard InChI is InChI=1S/C16H20N2O6/c1-3-23-15(20)13(16(21)24-4-2)17-14(19)12(18-22)10-11-8-6-5-7-9-11/h5-9,13,22H,3-4,10H2,1-2H3,(H,17,19). The summed E-state index contributed by atoms with van der Waals surface area (Å²) >= 11 is 0. The molecule has 0 aliphatic heterocycles. The van der Waals surface area contributed by atoms with Crippen LogP contribution in [-0.4, -0.2) is 48.0 Å². The number of amides is 1. The van der Waals surface area contributed by atoms with Gasteiger partial charge in [-0.15, -0.1) is 0 Å². The number of nitrogens with zero attached hydrogens (tertiary/aromatic N) is 1. The lowest BCUT2D eigenvalue weighted by molar-refractivity contribution is -0.159. The Kier molecular flexibility index (Phi) is 7.97. The highest BCUT2D eigenvalue weighted by molar-refractivity contribution is 6.40. The zero-order valence-corrected chi connectivity index (χ0v) is 13.5. The zero-order valence-electron chi connectivity index (χ0n) is 13.5. The quantitative estimate of drug-likeness (QED) is 0.237. The fourth-order valence-corrected chi connectivity index (χ4v) is 1.83. The van der Waals surface area contributed by atoms with Gasteiger partial charge in [0.1, 0.15) is 5.71 Å². The van der Waals surface area contributed by atoms with Crippen molar-refractivity contribution in [3.8, 4) is 0 Å². The van der Waals surface area contributed by atoms with Gasteiger partial charge in [0.05, 0.1) is 13.2 Å². The molecule has 8 heteroatoms. The molecule has 1 aromatic rings. The van der Waals surface area contributed by atoms with Crippen molar-refractivity contribution in [1.29, 1.82) is 0 Å². The maximum atomic E-state index is 12.2. The topological polar surface area (TPSA) is 114 Å². The van der Waals surface area contributed by atoms with Gasteiger partial charge < -0.3 is 20.0 Å². The van der Waals surface area contributed by atoms with E-state index in [1.54, 1.807) is 44.2 Å². The van der Waals surface area contributed by atoms with E-state index in [1.165, 1.54) is 0 Å². The Hall–Kier alpha value is -2.90. The van der Waals surface area contributed by atoms with E-state index in [-0.39, 0.29) is 25.3 Å². The summed E-state index contributed by atoms with van der Waals surface area (Å²) in [6.45, 7) is 3.21. The Morgan fingerprint density at radius 3 is 2.08 bits per heavy atom. The highest BCUT2D eigenvalue weighted by Gasteiger charge is 2.32. The number of oxime groups is 1. The first kappa shape index (κ1) is 19.1. The van der Waals surface area contributed by atoms with Gasteiger partial charge in [0, 0.05) is 6.42 Å². The number of benzene rings is 1. The van der Waals surface area contributed by atoms with Crippen LogP contribution in [0.25, 0.3) is 0 Å². The van der Waals surface area contributed by atoms with E-state index in [0.29, 0.717) is 0 Å². The van der Waals surface area contributed by atoms with Crippen molar-refractivity contribution < 1.29 is 29.1 Å². The molecule has 0 saturated carbocycles. The molecule has 1 amide bonds. The fraction of sp³-hybridized carbons (Fsp3) is 0.375. The molecule has 8 nitrogen and oxygen atoms in total. The molecule has 0 atom stereocenters. The van der Waals surface area contributed by atoms with Crippen molar-refractivity contribution in [3.63, 3.8) is 0 Å². The minimum absolute atomic E-state index is 0.0293. The van der Waals surface area contributed by atoms with Gasteiger partial charge in [-0.25, -0.2) is 9.59 Å². The van der Waals surface area contributed by atoms with Gasteiger partial charge in [-0.3, -0.25) is 4.79 Å². The van der Waals surface area contributed by atoms with Crippen LogP contribution in [0.1, 0.15) is 19.4 Å². The van der Waals surface area contributed by atoms with Crippen LogP contribution in [0.3, 0.4) is 0 Å². The van der Waals surface area contributed by atoms with Crippen molar-refractivity contribution in [2.24, 2.45) is 5.16 Å². The summed E-state index contributed by atoms with van der Waals surface area (Å²) in [6.07, 6.45) is 0.0293. The van der Waals surface area contributed by atoms with Crippen LogP contribution < -0.4 is 5.32 Å². The van der Waals surface area contributed by atoms with Crippen LogP contribution in [0.15, 0.2) is 35.5 Å². The molecule has 0 unspecified atom stereocenters. The van der Waals surface area contributed by atoms with E-state index in [9.17, 15) is 14.4 Å². The van der Waals surface area contributed by atoms with Crippen LogP contribution in [-0.2, 0) is 30.3 Å². The van der Waals surface area contributed by atoms with Gasteiger partial charge in [0.2, 0.25) is 6.04 Å². The predicted octanol–water partition coefficient (Wildman–Crippen LogP) is 0.670. The predicted molar refractivity (Wildman–Crippen MR) is 84.6 cm³/mol. The summed E-state index contributed by atoms with van der Waals surface area (Å²) in [5, 5.41) is 14.2. The molecule has 0 saturated heterocycles.